The van der Waals surface area contributed by atoms with Crippen molar-refractivity contribution in [3.05, 3.63) is 28.0 Å². The molecule has 0 aliphatic rings. The first-order valence-corrected chi connectivity index (χ1v) is 5.19. The molecule has 0 aliphatic carbocycles. The Morgan fingerprint density at radius 2 is 2.25 bits per heavy atom. The summed E-state index contributed by atoms with van der Waals surface area (Å²) in [6, 6.07) is 3.30. The van der Waals surface area contributed by atoms with Crippen molar-refractivity contribution < 1.29 is 9.18 Å². The minimum atomic E-state index is -0.489. The summed E-state index contributed by atoms with van der Waals surface area (Å²) in [4.78, 5) is 11.1. The second-order valence-electron chi connectivity index (χ2n) is 2.10. The molecule has 0 atom stereocenters. The summed E-state index contributed by atoms with van der Waals surface area (Å²) in [7, 11) is 0. The molecule has 12 heavy (non-hydrogen) atoms. The topological polar surface area (TPSA) is 17.1 Å². The lowest BCUT2D eigenvalue weighted by Crippen LogP contribution is -1.91. The maximum atomic E-state index is 13.2. The molecule has 4 heteroatoms. The van der Waals surface area contributed by atoms with Gasteiger partial charge in [-0.3, -0.25) is 4.79 Å². The number of rotatable bonds is 2. The van der Waals surface area contributed by atoms with E-state index < -0.39 is 5.82 Å². The lowest BCUT2D eigenvalue weighted by molar-refractivity contribution is 0.111. The first-order valence-electron chi connectivity index (χ1n) is 3.18. The predicted octanol–water partition coefficient (Wildman–Crippen LogP) is 3.12. The molecule has 0 saturated carbocycles. The van der Waals surface area contributed by atoms with E-state index in [9.17, 15) is 9.18 Å². The van der Waals surface area contributed by atoms with Crippen molar-refractivity contribution in [3.63, 3.8) is 0 Å². The molecule has 0 radical (unpaired) electrons. The van der Waals surface area contributed by atoms with Crippen LogP contribution >= 0.6 is 27.7 Å². The zero-order valence-electron chi connectivity index (χ0n) is 6.30. The molecular weight excluding hydrogens is 243 g/mol. The highest BCUT2D eigenvalue weighted by Crippen LogP contribution is 2.26. The number of thioether (sulfide) groups is 1. The fourth-order valence-electron chi connectivity index (χ4n) is 0.836. The number of aldehydes is 1. The van der Waals surface area contributed by atoms with E-state index in [1.807, 2.05) is 0 Å². The van der Waals surface area contributed by atoms with Gasteiger partial charge >= 0.3 is 0 Å². The first-order chi connectivity index (χ1) is 5.70. The van der Waals surface area contributed by atoms with Gasteiger partial charge in [0.25, 0.3) is 0 Å². The van der Waals surface area contributed by atoms with Crippen LogP contribution in [0.5, 0.6) is 0 Å². The van der Waals surface area contributed by atoms with E-state index in [1.54, 1.807) is 18.4 Å². The Hall–Kier alpha value is -0.350. The van der Waals surface area contributed by atoms with Crippen molar-refractivity contribution in [1.29, 1.82) is 0 Å². The minimum absolute atomic E-state index is 0.122. The Kier molecular flexibility index (Phi) is 3.29. The summed E-state index contributed by atoms with van der Waals surface area (Å²) in [6.45, 7) is 0. The molecule has 1 rings (SSSR count). The third-order valence-electron chi connectivity index (χ3n) is 1.43. The number of carbonyl (C=O) groups excluding carboxylic acids is 1. The normalized spacial score (nSPS) is 9.92. The monoisotopic (exact) mass is 248 g/mol. The fourth-order valence-corrected chi connectivity index (χ4v) is 1.74. The Morgan fingerprint density at radius 3 is 2.75 bits per heavy atom. The first kappa shape index (κ1) is 9.74. The third-order valence-corrected chi connectivity index (χ3v) is 2.84. The highest BCUT2D eigenvalue weighted by atomic mass is 79.9. The van der Waals surface area contributed by atoms with Crippen LogP contribution in [0.1, 0.15) is 10.4 Å². The minimum Gasteiger partial charge on any atom is -0.298 e. The Balaban J connectivity index is 3.35. The summed E-state index contributed by atoms with van der Waals surface area (Å²) in [5.41, 5.74) is 0.122. The molecule has 0 heterocycles. The van der Waals surface area contributed by atoms with Crippen LogP contribution in [0.15, 0.2) is 21.5 Å². The van der Waals surface area contributed by atoms with Crippen LogP contribution in [0.25, 0.3) is 0 Å². The largest absolute Gasteiger partial charge is 0.298 e. The molecule has 0 fully saturated rings. The second-order valence-corrected chi connectivity index (χ2v) is 3.80. The Labute approximate surface area is 82.5 Å². The number of hydrogen-bond acceptors (Lipinski definition) is 2. The van der Waals surface area contributed by atoms with Crippen molar-refractivity contribution in [3.8, 4) is 0 Å². The van der Waals surface area contributed by atoms with Gasteiger partial charge in [0.2, 0.25) is 0 Å². The van der Waals surface area contributed by atoms with Gasteiger partial charge in [-0.2, -0.15) is 0 Å². The van der Waals surface area contributed by atoms with Gasteiger partial charge in [-0.1, -0.05) is 0 Å². The van der Waals surface area contributed by atoms with E-state index in [0.29, 0.717) is 15.7 Å². The molecule has 0 amide bonds. The van der Waals surface area contributed by atoms with Crippen molar-refractivity contribution in [2.75, 3.05) is 6.26 Å². The van der Waals surface area contributed by atoms with Gasteiger partial charge in [0.1, 0.15) is 5.82 Å². The number of benzene rings is 1. The van der Waals surface area contributed by atoms with Gasteiger partial charge in [-0.05, 0) is 34.3 Å². The van der Waals surface area contributed by atoms with Gasteiger partial charge < -0.3 is 0 Å². The molecular formula is C8H6BrFOS. The molecule has 1 aromatic carbocycles. The standard InChI is InChI=1S/C8H6BrFOS/c1-12-7-3-2-6(9)8(10)5(7)4-11/h2-4H,1H3. The lowest BCUT2D eigenvalue weighted by atomic mass is 10.2. The highest BCUT2D eigenvalue weighted by molar-refractivity contribution is 9.10. The van der Waals surface area contributed by atoms with Crippen LogP contribution in [-0.4, -0.2) is 12.5 Å². The van der Waals surface area contributed by atoms with E-state index in [4.69, 9.17) is 0 Å². The number of carbonyl (C=O) groups is 1. The van der Waals surface area contributed by atoms with Crippen molar-refractivity contribution in [2.45, 2.75) is 4.90 Å². The van der Waals surface area contributed by atoms with E-state index in [-0.39, 0.29) is 5.56 Å². The Bertz CT molecular complexity index is 314. The fraction of sp³-hybridized carbons (Fsp3) is 0.125. The maximum Gasteiger partial charge on any atom is 0.154 e. The summed E-state index contributed by atoms with van der Waals surface area (Å²) in [5, 5.41) is 0. The molecule has 0 unspecified atom stereocenters. The van der Waals surface area contributed by atoms with Gasteiger partial charge in [0.05, 0.1) is 10.0 Å². The molecule has 0 N–H and O–H groups in total. The molecule has 0 aliphatic heterocycles. The van der Waals surface area contributed by atoms with Crippen molar-refractivity contribution in [1.82, 2.24) is 0 Å². The SMILES string of the molecule is CSc1ccc(Br)c(F)c1C=O. The average Bonchev–Trinajstić information content (AvgIpc) is 2.09. The molecule has 0 spiro atoms. The van der Waals surface area contributed by atoms with Gasteiger partial charge in [0.15, 0.2) is 6.29 Å². The summed E-state index contributed by atoms with van der Waals surface area (Å²) in [6.07, 6.45) is 2.33. The summed E-state index contributed by atoms with van der Waals surface area (Å²) >= 11 is 4.36. The van der Waals surface area contributed by atoms with Crippen LogP contribution in [0, 0.1) is 5.82 Å². The number of hydrogen-bond donors (Lipinski definition) is 0. The molecule has 0 saturated heterocycles. The van der Waals surface area contributed by atoms with Crippen molar-refractivity contribution >= 4 is 34.0 Å². The zero-order valence-corrected chi connectivity index (χ0v) is 8.71. The van der Waals surface area contributed by atoms with Crippen molar-refractivity contribution in [2.24, 2.45) is 0 Å². The van der Waals surface area contributed by atoms with Gasteiger partial charge in [0, 0.05) is 4.90 Å². The summed E-state index contributed by atoms with van der Waals surface area (Å²) in [5.74, 6) is -0.489. The Morgan fingerprint density at radius 1 is 1.58 bits per heavy atom. The molecule has 0 aromatic heterocycles. The summed E-state index contributed by atoms with van der Waals surface area (Å²) < 4.78 is 13.5. The van der Waals surface area contributed by atoms with Crippen LogP contribution < -0.4 is 0 Å². The average molecular weight is 249 g/mol. The molecule has 0 bridgehead atoms. The number of halogens is 2. The van der Waals surface area contributed by atoms with Crippen LogP contribution in [-0.2, 0) is 0 Å². The van der Waals surface area contributed by atoms with Crippen LogP contribution in [0.2, 0.25) is 0 Å². The molecule has 1 nitrogen and oxygen atoms in total. The smallest absolute Gasteiger partial charge is 0.154 e. The van der Waals surface area contributed by atoms with Crippen LogP contribution in [0.4, 0.5) is 4.39 Å². The van der Waals surface area contributed by atoms with E-state index >= 15 is 0 Å². The lowest BCUT2D eigenvalue weighted by Gasteiger charge is -2.02. The third kappa shape index (κ3) is 1.69. The predicted molar refractivity (Wildman–Crippen MR) is 51.3 cm³/mol. The van der Waals surface area contributed by atoms with E-state index in [2.05, 4.69) is 15.9 Å². The second kappa shape index (κ2) is 4.05. The molecule has 64 valence electrons. The molecule has 1 aromatic rings. The van der Waals surface area contributed by atoms with Crippen LogP contribution in [0.3, 0.4) is 0 Å². The van der Waals surface area contributed by atoms with E-state index in [0.717, 1.165) is 0 Å². The quantitative estimate of drug-likeness (QED) is 0.591. The maximum absolute atomic E-state index is 13.2. The van der Waals surface area contributed by atoms with Gasteiger partial charge in [-0.15, -0.1) is 11.8 Å². The van der Waals surface area contributed by atoms with Gasteiger partial charge in [-0.25, -0.2) is 4.39 Å². The highest BCUT2D eigenvalue weighted by Gasteiger charge is 2.09. The van der Waals surface area contributed by atoms with E-state index in [1.165, 1.54) is 11.8 Å². The zero-order chi connectivity index (χ0) is 9.14.